The van der Waals surface area contributed by atoms with Crippen LogP contribution in [0.4, 0.5) is 0 Å². The van der Waals surface area contributed by atoms with Crippen LogP contribution in [-0.4, -0.2) is 28.8 Å². The summed E-state index contributed by atoms with van der Waals surface area (Å²) in [4.78, 5) is 11.7. The lowest BCUT2D eigenvalue weighted by molar-refractivity contribution is -0.124. The molecular weight excluding hydrogens is 204 g/mol. The van der Waals surface area contributed by atoms with Gasteiger partial charge in [0.2, 0.25) is 5.91 Å². The van der Waals surface area contributed by atoms with Gasteiger partial charge in [-0.15, -0.1) is 0 Å². The van der Waals surface area contributed by atoms with Crippen LogP contribution in [-0.2, 0) is 17.8 Å². The number of aryl methyl sites for hydroxylation is 1. The Bertz CT molecular complexity index is 334. The standard InChI is InChI=1S/C11H20N4O/c1-3-13-11(16)9(8-12)7-10-5-6-14-15(10)4-2/h5-6,9H,3-4,7-8,12H2,1-2H3,(H,13,16). The summed E-state index contributed by atoms with van der Waals surface area (Å²) in [5, 5.41) is 6.97. The zero-order chi connectivity index (χ0) is 12.0. The van der Waals surface area contributed by atoms with Crippen molar-refractivity contribution in [3.8, 4) is 0 Å². The van der Waals surface area contributed by atoms with Crippen LogP contribution in [0.2, 0.25) is 0 Å². The molecule has 0 saturated carbocycles. The molecule has 1 rings (SSSR count). The fourth-order valence-corrected chi connectivity index (χ4v) is 1.67. The summed E-state index contributed by atoms with van der Waals surface area (Å²) in [6.07, 6.45) is 2.40. The van der Waals surface area contributed by atoms with Crippen LogP contribution in [0.1, 0.15) is 19.5 Å². The number of amides is 1. The molecule has 1 amide bonds. The van der Waals surface area contributed by atoms with Gasteiger partial charge >= 0.3 is 0 Å². The van der Waals surface area contributed by atoms with E-state index in [0.717, 1.165) is 12.2 Å². The van der Waals surface area contributed by atoms with Gasteiger partial charge in [0.15, 0.2) is 0 Å². The van der Waals surface area contributed by atoms with E-state index in [-0.39, 0.29) is 11.8 Å². The number of carbonyl (C=O) groups is 1. The van der Waals surface area contributed by atoms with Crippen molar-refractivity contribution in [1.82, 2.24) is 15.1 Å². The normalized spacial score (nSPS) is 12.4. The molecule has 0 radical (unpaired) electrons. The summed E-state index contributed by atoms with van der Waals surface area (Å²) >= 11 is 0. The highest BCUT2D eigenvalue weighted by atomic mass is 16.1. The van der Waals surface area contributed by atoms with Crippen molar-refractivity contribution in [2.24, 2.45) is 11.7 Å². The number of carbonyl (C=O) groups excluding carboxylic acids is 1. The first-order valence-electron chi connectivity index (χ1n) is 5.71. The number of hydrogen-bond donors (Lipinski definition) is 2. The van der Waals surface area contributed by atoms with Crippen molar-refractivity contribution in [3.63, 3.8) is 0 Å². The van der Waals surface area contributed by atoms with Gasteiger partial charge in [0.25, 0.3) is 0 Å². The molecule has 0 saturated heterocycles. The van der Waals surface area contributed by atoms with E-state index in [9.17, 15) is 4.79 Å². The SMILES string of the molecule is CCNC(=O)C(CN)Cc1ccnn1CC. The molecule has 0 fully saturated rings. The predicted molar refractivity (Wildman–Crippen MR) is 62.8 cm³/mol. The maximum atomic E-state index is 11.7. The lowest BCUT2D eigenvalue weighted by Gasteiger charge is -2.14. The van der Waals surface area contributed by atoms with Gasteiger partial charge in [-0.25, -0.2) is 0 Å². The zero-order valence-corrected chi connectivity index (χ0v) is 9.94. The third-order valence-corrected chi connectivity index (χ3v) is 2.57. The van der Waals surface area contributed by atoms with Gasteiger partial charge in [0.05, 0.1) is 5.92 Å². The predicted octanol–water partition coefficient (Wildman–Crippen LogP) is 0.157. The molecule has 0 aliphatic carbocycles. The van der Waals surface area contributed by atoms with Crippen molar-refractivity contribution < 1.29 is 4.79 Å². The Labute approximate surface area is 96.0 Å². The zero-order valence-electron chi connectivity index (χ0n) is 9.94. The van der Waals surface area contributed by atoms with Crippen LogP contribution >= 0.6 is 0 Å². The molecule has 0 aliphatic rings. The second-order valence-corrected chi connectivity index (χ2v) is 3.67. The van der Waals surface area contributed by atoms with Crippen LogP contribution in [0.5, 0.6) is 0 Å². The summed E-state index contributed by atoms with van der Waals surface area (Å²) in [7, 11) is 0. The highest BCUT2D eigenvalue weighted by Gasteiger charge is 2.18. The average Bonchev–Trinajstić information content (AvgIpc) is 2.73. The molecule has 1 heterocycles. The molecule has 1 aromatic heterocycles. The molecule has 5 heteroatoms. The van der Waals surface area contributed by atoms with E-state index in [1.807, 2.05) is 24.6 Å². The van der Waals surface area contributed by atoms with Crippen LogP contribution in [0.3, 0.4) is 0 Å². The van der Waals surface area contributed by atoms with Gasteiger partial charge < -0.3 is 11.1 Å². The topological polar surface area (TPSA) is 72.9 Å². The van der Waals surface area contributed by atoms with Crippen LogP contribution in [0.15, 0.2) is 12.3 Å². The fraction of sp³-hybridized carbons (Fsp3) is 0.636. The molecule has 0 aliphatic heterocycles. The fourth-order valence-electron chi connectivity index (χ4n) is 1.67. The van der Waals surface area contributed by atoms with Gasteiger partial charge in [-0.2, -0.15) is 5.10 Å². The first kappa shape index (κ1) is 12.7. The van der Waals surface area contributed by atoms with Crippen LogP contribution in [0, 0.1) is 5.92 Å². The molecule has 5 nitrogen and oxygen atoms in total. The first-order valence-corrected chi connectivity index (χ1v) is 5.71. The maximum Gasteiger partial charge on any atom is 0.224 e. The molecule has 0 spiro atoms. The van der Waals surface area contributed by atoms with Crippen molar-refractivity contribution >= 4 is 5.91 Å². The minimum Gasteiger partial charge on any atom is -0.356 e. The van der Waals surface area contributed by atoms with E-state index in [2.05, 4.69) is 10.4 Å². The third kappa shape index (κ3) is 3.06. The number of aromatic nitrogens is 2. The summed E-state index contributed by atoms with van der Waals surface area (Å²) in [5.74, 6) is -0.143. The number of nitrogens with one attached hydrogen (secondary N) is 1. The smallest absolute Gasteiger partial charge is 0.224 e. The second-order valence-electron chi connectivity index (χ2n) is 3.67. The third-order valence-electron chi connectivity index (χ3n) is 2.57. The van der Waals surface area contributed by atoms with E-state index in [0.29, 0.717) is 19.5 Å². The summed E-state index contributed by atoms with van der Waals surface area (Å²) in [5.41, 5.74) is 6.68. The minimum atomic E-state index is -0.165. The van der Waals surface area contributed by atoms with E-state index >= 15 is 0 Å². The van der Waals surface area contributed by atoms with E-state index < -0.39 is 0 Å². The molecule has 0 bridgehead atoms. The first-order chi connectivity index (χ1) is 7.72. The lowest BCUT2D eigenvalue weighted by Crippen LogP contribution is -2.36. The van der Waals surface area contributed by atoms with Gasteiger partial charge in [-0.05, 0) is 19.9 Å². The monoisotopic (exact) mass is 224 g/mol. The molecule has 16 heavy (non-hydrogen) atoms. The Morgan fingerprint density at radius 2 is 2.38 bits per heavy atom. The quantitative estimate of drug-likeness (QED) is 0.722. The Morgan fingerprint density at radius 1 is 1.62 bits per heavy atom. The lowest BCUT2D eigenvalue weighted by atomic mass is 10.0. The van der Waals surface area contributed by atoms with E-state index in [4.69, 9.17) is 5.73 Å². The Kier molecular flexibility index (Phi) is 4.98. The average molecular weight is 224 g/mol. The number of nitrogens with two attached hydrogens (primary N) is 1. The largest absolute Gasteiger partial charge is 0.356 e. The Morgan fingerprint density at radius 3 is 2.94 bits per heavy atom. The molecule has 3 N–H and O–H groups in total. The van der Waals surface area contributed by atoms with Crippen molar-refractivity contribution in [3.05, 3.63) is 18.0 Å². The molecule has 0 aromatic carbocycles. The molecule has 1 unspecified atom stereocenters. The van der Waals surface area contributed by atoms with Gasteiger partial charge in [0.1, 0.15) is 0 Å². The number of nitrogens with zero attached hydrogens (tertiary/aromatic N) is 2. The highest BCUT2D eigenvalue weighted by Crippen LogP contribution is 2.08. The number of rotatable bonds is 6. The number of hydrogen-bond acceptors (Lipinski definition) is 3. The Balaban J connectivity index is 2.66. The van der Waals surface area contributed by atoms with Crippen LogP contribution < -0.4 is 11.1 Å². The molecule has 1 atom stereocenters. The molecule has 90 valence electrons. The highest BCUT2D eigenvalue weighted by molar-refractivity contribution is 5.79. The summed E-state index contributed by atoms with van der Waals surface area (Å²) < 4.78 is 1.89. The molecular formula is C11H20N4O. The molecule has 1 aromatic rings. The van der Waals surface area contributed by atoms with Crippen molar-refractivity contribution in [2.75, 3.05) is 13.1 Å². The van der Waals surface area contributed by atoms with E-state index in [1.54, 1.807) is 6.20 Å². The van der Waals surface area contributed by atoms with Crippen molar-refractivity contribution in [2.45, 2.75) is 26.8 Å². The summed E-state index contributed by atoms with van der Waals surface area (Å²) in [6.45, 7) is 5.75. The van der Waals surface area contributed by atoms with Crippen LogP contribution in [0.25, 0.3) is 0 Å². The minimum absolute atomic E-state index is 0.0221. The van der Waals surface area contributed by atoms with Gasteiger partial charge in [-0.1, -0.05) is 0 Å². The van der Waals surface area contributed by atoms with Gasteiger partial charge in [0, 0.05) is 37.9 Å². The second kappa shape index (κ2) is 6.27. The van der Waals surface area contributed by atoms with Crippen molar-refractivity contribution in [1.29, 1.82) is 0 Å². The maximum absolute atomic E-state index is 11.7. The summed E-state index contributed by atoms with van der Waals surface area (Å²) in [6, 6.07) is 1.94. The van der Waals surface area contributed by atoms with E-state index in [1.165, 1.54) is 0 Å². The Hall–Kier alpha value is -1.36. The van der Waals surface area contributed by atoms with Gasteiger partial charge in [-0.3, -0.25) is 9.48 Å².